The molecular weight excluding hydrogens is 326 g/mol. The van der Waals surface area contributed by atoms with Gasteiger partial charge in [0, 0.05) is 22.9 Å². The minimum atomic E-state index is -0.0111. The Morgan fingerprint density at radius 3 is 2.35 bits per heavy atom. The highest BCUT2D eigenvalue weighted by Gasteiger charge is 2.20. The molecule has 134 valence electrons. The molecule has 2 atom stereocenters. The highest BCUT2D eigenvalue weighted by molar-refractivity contribution is 5.94. The molecule has 3 aromatic rings. The molecule has 1 aliphatic rings. The van der Waals surface area contributed by atoms with Crippen molar-refractivity contribution in [1.82, 2.24) is 15.2 Å². The number of rotatable bonds is 3. The lowest BCUT2D eigenvalue weighted by molar-refractivity contribution is -0.122. The molecule has 2 N–H and O–H groups in total. The third kappa shape index (κ3) is 3.10. The van der Waals surface area contributed by atoms with Crippen molar-refractivity contribution in [2.45, 2.75) is 38.4 Å². The molecule has 0 saturated carbocycles. The van der Waals surface area contributed by atoms with Gasteiger partial charge in [-0.1, -0.05) is 24.3 Å². The Balaban J connectivity index is 1.72. The Labute approximate surface area is 152 Å². The summed E-state index contributed by atoms with van der Waals surface area (Å²) in [6.07, 6.45) is 1.89. The first-order valence-corrected chi connectivity index (χ1v) is 9.16. The van der Waals surface area contributed by atoms with Gasteiger partial charge >= 0.3 is 0 Å². The average Bonchev–Trinajstić information content (AvgIpc) is 2.65. The van der Waals surface area contributed by atoms with E-state index in [9.17, 15) is 9.59 Å². The van der Waals surface area contributed by atoms with Gasteiger partial charge in [-0.3, -0.25) is 9.59 Å². The third-order valence-corrected chi connectivity index (χ3v) is 5.17. The van der Waals surface area contributed by atoms with Crippen molar-refractivity contribution < 1.29 is 4.79 Å². The number of para-hydroxylation sites is 2. The number of amides is 1. The van der Waals surface area contributed by atoms with Gasteiger partial charge in [0.15, 0.2) is 5.43 Å². The minimum absolute atomic E-state index is 0.0111. The Hall–Kier alpha value is -2.66. The van der Waals surface area contributed by atoms with E-state index in [1.54, 1.807) is 0 Å². The van der Waals surface area contributed by atoms with E-state index in [-0.39, 0.29) is 23.9 Å². The number of piperidine rings is 1. The second-order valence-electron chi connectivity index (χ2n) is 7.09. The van der Waals surface area contributed by atoms with Gasteiger partial charge in [-0.25, -0.2) is 0 Å². The SMILES string of the molecule is CC1CC(NC(=O)Cn2c3ccccc3c(=O)c3ccccc32)CCN1. The standard InChI is InChI=1S/C21H23N3O2/c1-14-12-15(10-11-22-14)23-20(25)13-24-18-8-4-2-6-16(18)21(26)17-7-3-5-9-19(17)24/h2-9,14-15,22H,10-13H2,1H3,(H,23,25). The maximum atomic E-state index is 12.8. The van der Waals surface area contributed by atoms with Gasteiger partial charge in [-0.15, -0.1) is 0 Å². The van der Waals surface area contributed by atoms with E-state index in [0.29, 0.717) is 16.8 Å². The molecule has 1 saturated heterocycles. The molecule has 1 aliphatic heterocycles. The summed E-state index contributed by atoms with van der Waals surface area (Å²) >= 11 is 0. The Kier molecular flexibility index (Phi) is 4.47. The largest absolute Gasteiger partial charge is 0.352 e. The molecule has 4 rings (SSSR count). The van der Waals surface area contributed by atoms with Crippen LogP contribution in [0.3, 0.4) is 0 Å². The predicted octanol–water partition coefficient (Wildman–Crippen LogP) is 2.41. The van der Waals surface area contributed by atoms with Gasteiger partial charge in [-0.05, 0) is 50.6 Å². The van der Waals surface area contributed by atoms with Crippen LogP contribution in [0, 0.1) is 0 Å². The van der Waals surface area contributed by atoms with Gasteiger partial charge < -0.3 is 15.2 Å². The molecule has 0 radical (unpaired) electrons. The van der Waals surface area contributed by atoms with Crippen LogP contribution in [-0.2, 0) is 11.3 Å². The second-order valence-corrected chi connectivity index (χ2v) is 7.09. The summed E-state index contributed by atoms with van der Waals surface area (Å²) < 4.78 is 1.95. The number of pyridine rings is 1. The second kappa shape index (κ2) is 6.92. The van der Waals surface area contributed by atoms with Gasteiger partial charge in [0.05, 0.1) is 11.0 Å². The molecule has 2 unspecified atom stereocenters. The topological polar surface area (TPSA) is 63.1 Å². The molecule has 2 aromatic carbocycles. The van der Waals surface area contributed by atoms with Crippen molar-refractivity contribution in [2.75, 3.05) is 6.54 Å². The van der Waals surface area contributed by atoms with Crippen LogP contribution in [0.5, 0.6) is 0 Å². The number of nitrogens with zero attached hydrogens (tertiary/aromatic N) is 1. The number of benzene rings is 2. The van der Waals surface area contributed by atoms with Crippen LogP contribution in [0.25, 0.3) is 21.8 Å². The number of aromatic nitrogens is 1. The van der Waals surface area contributed by atoms with Gasteiger partial charge in [0.25, 0.3) is 0 Å². The van der Waals surface area contributed by atoms with E-state index in [2.05, 4.69) is 17.6 Å². The minimum Gasteiger partial charge on any atom is -0.352 e. The van der Waals surface area contributed by atoms with Crippen molar-refractivity contribution in [3.8, 4) is 0 Å². The molecule has 26 heavy (non-hydrogen) atoms. The van der Waals surface area contributed by atoms with Gasteiger partial charge in [0.2, 0.25) is 5.91 Å². The molecule has 0 aliphatic carbocycles. The Bertz CT molecular complexity index is 965. The highest BCUT2D eigenvalue weighted by atomic mass is 16.2. The van der Waals surface area contributed by atoms with Crippen molar-refractivity contribution in [3.05, 3.63) is 58.8 Å². The molecule has 2 heterocycles. The number of nitrogens with one attached hydrogen (secondary N) is 2. The van der Waals surface area contributed by atoms with Crippen molar-refractivity contribution in [3.63, 3.8) is 0 Å². The van der Waals surface area contributed by atoms with Crippen molar-refractivity contribution in [2.24, 2.45) is 0 Å². The summed E-state index contributed by atoms with van der Waals surface area (Å²) in [5, 5.41) is 7.86. The van der Waals surface area contributed by atoms with E-state index in [1.165, 1.54) is 0 Å². The van der Waals surface area contributed by atoms with E-state index >= 15 is 0 Å². The first-order chi connectivity index (χ1) is 12.6. The summed E-state index contributed by atoms with van der Waals surface area (Å²) in [7, 11) is 0. The Morgan fingerprint density at radius 2 is 1.73 bits per heavy atom. The van der Waals surface area contributed by atoms with E-state index in [4.69, 9.17) is 0 Å². The van der Waals surface area contributed by atoms with E-state index in [1.807, 2.05) is 53.1 Å². The number of hydrogen-bond donors (Lipinski definition) is 2. The van der Waals surface area contributed by atoms with Crippen molar-refractivity contribution in [1.29, 1.82) is 0 Å². The summed E-state index contributed by atoms with van der Waals surface area (Å²) in [4.78, 5) is 25.5. The van der Waals surface area contributed by atoms with Crippen LogP contribution in [0.1, 0.15) is 19.8 Å². The predicted molar refractivity (Wildman–Crippen MR) is 104 cm³/mol. The summed E-state index contributed by atoms with van der Waals surface area (Å²) in [5.41, 5.74) is 1.61. The lowest BCUT2D eigenvalue weighted by Crippen LogP contribution is -2.47. The van der Waals surface area contributed by atoms with Crippen molar-refractivity contribution >= 4 is 27.7 Å². The van der Waals surface area contributed by atoms with Crippen LogP contribution in [0.4, 0.5) is 0 Å². The van der Waals surface area contributed by atoms with E-state index in [0.717, 1.165) is 30.4 Å². The maximum Gasteiger partial charge on any atom is 0.240 e. The van der Waals surface area contributed by atoms with Crippen LogP contribution < -0.4 is 16.1 Å². The molecule has 1 fully saturated rings. The number of carbonyl (C=O) groups is 1. The highest BCUT2D eigenvalue weighted by Crippen LogP contribution is 2.19. The first-order valence-electron chi connectivity index (χ1n) is 9.16. The zero-order chi connectivity index (χ0) is 18.1. The third-order valence-electron chi connectivity index (χ3n) is 5.17. The van der Waals surface area contributed by atoms with Crippen LogP contribution in [0.15, 0.2) is 53.3 Å². The lowest BCUT2D eigenvalue weighted by atomic mass is 10.0. The smallest absolute Gasteiger partial charge is 0.240 e. The molecular formula is C21H23N3O2. The molecule has 1 aromatic heterocycles. The lowest BCUT2D eigenvalue weighted by Gasteiger charge is -2.29. The number of hydrogen-bond acceptors (Lipinski definition) is 3. The molecule has 1 amide bonds. The molecule has 5 nitrogen and oxygen atoms in total. The summed E-state index contributed by atoms with van der Waals surface area (Å²) in [5.74, 6) is -0.0111. The quantitative estimate of drug-likeness (QED) is 0.714. The van der Waals surface area contributed by atoms with E-state index < -0.39 is 0 Å². The average molecular weight is 349 g/mol. The van der Waals surface area contributed by atoms with Gasteiger partial charge in [-0.2, -0.15) is 0 Å². The number of fused-ring (bicyclic) bond motifs is 2. The molecule has 0 spiro atoms. The fraction of sp³-hybridized carbons (Fsp3) is 0.333. The zero-order valence-electron chi connectivity index (χ0n) is 14.9. The summed E-state index contributed by atoms with van der Waals surface area (Å²) in [6, 6.07) is 15.6. The Morgan fingerprint density at radius 1 is 1.12 bits per heavy atom. The summed E-state index contributed by atoms with van der Waals surface area (Å²) in [6.45, 7) is 3.27. The molecule has 5 heteroatoms. The molecule has 0 bridgehead atoms. The van der Waals surface area contributed by atoms with Gasteiger partial charge in [0.1, 0.15) is 6.54 Å². The first kappa shape index (κ1) is 16.8. The van der Waals surface area contributed by atoms with Crippen LogP contribution >= 0.6 is 0 Å². The fourth-order valence-electron chi connectivity index (χ4n) is 3.93. The normalized spacial score (nSPS) is 20.3. The van der Waals surface area contributed by atoms with Crippen LogP contribution in [-0.4, -0.2) is 29.1 Å². The fourth-order valence-corrected chi connectivity index (χ4v) is 3.93. The van der Waals surface area contributed by atoms with Crippen LogP contribution in [0.2, 0.25) is 0 Å². The number of carbonyl (C=O) groups excluding carboxylic acids is 1. The zero-order valence-corrected chi connectivity index (χ0v) is 14.9. The maximum absolute atomic E-state index is 12.8. The monoisotopic (exact) mass is 349 g/mol.